The normalized spacial score (nSPS) is 13.2. The fraction of sp³-hybridized carbons (Fsp3) is 0.250. The molecule has 3 aromatic rings. The quantitative estimate of drug-likeness (QED) is 0.268. The molecule has 0 saturated carbocycles. The first kappa shape index (κ1) is 22.8. The summed E-state index contributed by atoms with van der Waals surface area (Å²) in [6.45, 7) is -1.14. The second kappa shape index (κ2) is 9.48. The van der Waals surface area contributed by atoms with Crippen LogP contribution in [-0.2, 0) is 21.5 Å². The second-order valence-corrected chi connectivity index (χ2v) is 7.90. The van der Waals surface area contributed by atoms with Crippen LogP contribution in [0.3, 0.4) is 0 Å². The highest BCUT2D eigenvalue weighted by molar-refractivity contribution is 7.88. The van der Waals surface area contributed by atoms with Crippen molar-refractivity contribution in [2.24, 2.45) is 0 Å². The molecule has 2 aromatic carbocycles. The molecule has 0 aliphatic carbocycles. The predicted molar refractivity (Wildman–Crippen MR) is 104 cm³/mol. The van der Waals surface area contributed by atoms with Crippen molar-refractivity contribution in [3.05, 3.63) is 66.2 Å². The van der Waals surface area contributed by atoms with E-state index in [-0.39, 0.29) is 18.7 Å². The van der Waals surface area contributed by atoms with E-state index in [1.807, 2.05) is 6.07 Å². The molecule has 1 atom stereocenters. The summed E-state index contributed by atoms with van der Waals surface area (Å²) in [4.78, 5) is 3.80. The Balaban J connectivity index is 1.82. The van der Waals surface area contributed by atoms with Gasteiger partial charge in [-0.2, -0.15) is 21.6 Å². The monoisotopic (exact) mass is 459 g/mol. The van der Waals surface area contributed by atoms with E-state index in [0.717, 1.165) is 5.56 Å². The topological polar surface area (TPSA) is 74.7 Å². The van der Waals surface area contributed by atoms with Crippen LogP contribution in [0, 0.1) is 0 Å². The number of pyridine rings is 1. The SMILES string of the molecule is O=S(=O)(Oc1nc2ccccc2cc1OC(CF)COCc1ccccc1)C(F)(F)F. The number of fused-ring (bicyclic) bond motifs is 1. The molecule has 1 aromatic heterocycles. The van der Waals surface area contributed by atoms with Crippen molar-refractivity contribution in [3.8, 4) is 11.6 Å². The van der Waals surface area contributed by atoms with Crippen LogP contribution in [0.1, 0.15) is 5.56 Å². The maximum Gasteiger partial charge on any atom is 0.534 e. The molecule has 166 valence electrons. The number of ether oxygens (including phenoxy) is 2. The van der Waals surface area contributed by atoms with Crippen LogP contribution < -0.4 is 8.92 Å². The zero-order chi connectivity index (χ0) is 22.5. The van der Waals surface area contributed by atoms with Gasteiger partial charge in [0.05, 0.1) is 18.7 Å². The number of hydrogen-bond donors (Lipinski definition) is 0. The molecule has 31 heavy (non-hydrogen) atoms. The lowest BCUT2D eigenvalue weighted by molar-refractivity contribution is -0.0502. The second-order valence-electron chi connectivity index (χ2n) is 6.36. The first-order valence-electron chi connectivity index (χ1n) is 8.94. The van der Waals surface area contributed by atoms with Crippen LogP contribution in [0.2, 0.25) is 0 Å². The number of alkyl halides is 4. The summed E-state index contributed by atoms with van der Waals surface area (Å²) in [7, 11) is -6.00. The van der Waals surface area contributed by atoms with Gasteiger partial charge in [-0.25, -0.2) is 9.37 Å². The molecule has 1 unspecified atom stereocenters. The summed E-state index contributed by atoms with van der Waals surface area (Å²) in [5.41, 5.74) is -4.68. The van der Waals surface area contributed by atoms with Crippen molar-refractivity contribution in [2.45, 2.75) is 18.2 Å². The summed E-state index contributed by atoms with van der Waals surface area (Å²) in [5, 5.41) is 0.428. The van der Waals surface area contributed by atoms with E-state index < -0.39 is 40.0 Å². The van der Waals surface area contributed by atoms with E-state index in [1.54, 1.807) is 42.5 Å². The van der Waals surface area contributed by atoms with Crippen molar-refractivity contribution in [3.63, 3.8) is 0 Å². The number of halogens is 4. The molecular formula is C20H17F4NO5S. The van der Waals surface area contributed by atoms with E-state index in [0.29, 0.717) is 5.39 Å². The van der Waals surface area contributed by atoms with Crippen LogP contribution in [0.15, 0.2) is 60.7 Å². The van der Waals surface area contributed by atoms with E-state index in [9.17, 15) is 26.0 Å². The molecule has 0 radical (unpaired) electrons. The van der Waals surface area contributed by atoms with Crippen molar-refractivity contribution < 1.29 is 39.6 Å². The molecule has 0 aliphatic heterocycles. The molecule has 0 spiro atoms. The maximum atomic E-state index is 13.5. The maximum absolute atomic E-state index is 13.5. The highest BCUT2D eigenvalue weighted by atomic mass is 32.2. The number of aromatic nitrogens is 1. The van der Waals surface area contributed by atoms with Crippen LogP contribution in [0.5, 0.6) is 11.6 Å². The molecule has 11 heteroatoms. The molecule has 0 amide bonds. The van der Waals surface area contributed by atoms with Gasteiger partial charge in [-0.05, 0) is 17.7 Å². The Morgan fingerprint density at radius 3 is 2.35 bits per heavy atom. The summed E-state index contributed by atoms with van der Waals surface area (Å²) in [6.07, 6.45) is -1.23. The third-order valence-corrected chi connectivity index (χ3v) is 4.95. The fourth-order valence-corrected chi connectivity index (χ4v) is 2.97. The van der Waals surface area contributed by atoms with Gasteiger partial charge >= 0.3 is 15.6 Å². The molecule has 3 rings (SSSR count). The van der Waals surface area contributed by atoms with Crippen molar-refractivity contribution in [1.29, 1.82) is 0 Å². The molecule has 6 nitrogen and oxygen atoms in total. The van der Waals surface area contributed by atoms with Gasteiger partial charge in [0.1, 0.15) is 6.67 Å². The van der Waals surface area contributed by atoms with Crippen molar-refractivity contribution in [2.75, 3.05) is 13.3 Å². The standard InChI is InChI=1S/C20H17F4NO5S/c21-11-16(13-28-12-14-6-2-1-3-7-14)29-18-10-15-8-4-5-9-17(15)25-19(18)30-31(26,27)20(22,23)24/h1-10,16H,11-13H2. The first-order chi connectivity index (χ1) is 14.7. The van der Waals surface area contributed by atoms with Gasteiger partial charge < -0.3 is 13.7 Å². The molecule has 0 saturated heterocycles. The Labute approximate surface area is 175 Å². The minimum Gasteiger partial charge on any atom is -0.480 e. The number of para-hydroxylation sites is 1. The average molecular weight is 459 g/mol. The lowest BCUT2D eigenvalue weighted by atomic mass is 10.2. The molecule has 1 heterocycles. The van der Waals surface area contributed by atoms with Gasteiger partial charge in [0.15, 0.2) is 11.9 Å². The number of rotatable bonds is 9. The average Bonchev–Trinajstić information content (AvgIpc) is 2.73. The van der Waals surface area contributed by atoms with Gasteiger partial charge in [-0.3, -0.25) is 0 Å². The fourth-order valence-electron chi connectivity index (χ4n) is 2.55. The summed E-state index contributed by atoms with van der Waals surface area (Å²) in [5.74, 6) is -1.41. The Hall–Kier alpha value is -2.92. The lowest BCUT2D eigenvalue weighted by Crippen LogP contribution is -2.29. The highest BCUT2D eigenvalue weighted by Gasteiger charge is 2.49. The summed E-state index contributed by atoms with van der Waals surface area (Å²) < 4.78 is 89.6. The molecule has 0 fully saturated rings. The van der Waals surface area contributed by atoms with Crippen molar-refractivity contribution in [1.82, 2.24) is 4.98 Å². The predicted octanol–water partition coefficient (Wildman–Crippen LogP) is 4.40. The van der Waals surface area contributed by atoms with E-state index in [1.165, 1.54) is 12.1 Å². The van der Waals surface area contributed by atoms with E-state index in [4.69, 9.17) is 9.47 Å². The number of benzene rings is 2. The molecular weight excluding hydrogens is 442 g/mol. The zero-order valence-electron chi connectivity index (χ0n) is 15.9. The molecule has 0 aliphatic rings. The smallest absolute Gasteiger partial charge is 0.480 e. The third-order valence-electron chi connectivity index (χ3n) is 4.01. The van der Waals surface area contributed by atoms with Crippen LogP contribution in [-0.4, -0.2) is 38.3 Å². The van der Waals surface area contributed by atoms with Crippen LogP contribution >= 0.6 is 0 Å². The van der Waals surface area contributed by atoms with Gasteiger partial charge in [0.25, 0.3) is 5.88 Å². The van der Waals surface area contributed by atoms with E-state index in [2.05, 4.69) is 9.17 Å². The van der Waals surface area contributed by atoms with Gasteiger partial charge in [0, 0.05) is 5.39 Å². The Morgan fingerprint density at radius 2 is 1.68 bits per heavy atom. The third kappa shape index (κ3) is 5.82. The largest absolute Gasteiger partial charge is 0.534 e. The Bertz CT molecular complexity index is 1120. The van der Waals surface area contributed by atoms with E-state index >= 15 is 0 Å². The Kier molecular flexibility index (Phi) is 6.96. The molecule has 0 N–H and O–H groups in total. The highest BCUT2D eigenvalue weighted by Crippen LogP contribution is 2.34. The number of hydrogen-bond acceptors (Lipinski definition) is 6. The zero-order valence-corrected chi connectivity index (χ0v) is 16.7. The van der Waals surface area contributed by atoms with Crippen LogP contribution in [0.25, 0.3) is 10.9 Å². The molecule has 0 bridgehead atoms. The Morgan fingerprint density at radius 1 is 1.00 bits per heavy atom. The minimum atomic E-state index is -6.00. The van der Waals surface area contributed by atoms with Gasteiger partial charge in [-0.1, -0.05) is 48.5 Å². The van der Waals surface area contributed by atoms with Crippen LogP contribution in [0.4, 0.5) is 17.6 Å². The summed E-state index contributed by atoms with van der Waals surface area (Å²) >= 11 is 0. The van der Waals surface area contributed by atoms with Crippen molar-refractivity contribution >= 4 is 21.0 Å². The first-order valence-corrected chi connectivity index (χ1v) is 10.4. The van der Waals surface area contributed by atoms with Gasteiger partial charge in [-0.15, -0.1) is 0 Å². The van der Waals surface area contributed by atoms with Gasteiger partial charge in [0.2, 0.25) is 0 Å². The number of nitrogens with zero attached hydrogens (tertiary/aromatic N) is 1. The lowest BCUT2D eigenvalue weighted by Gasteiger charge is -2.19. The minimum absolute atomic E-state index is 0.155. The summed E-state index contributed by atoms with van der Waals surface area (Å²) in [6, 6.07) is 16.5.